The number of aliphatic hydroxyl groups excluding tert-OH is 1. The van der Waals surface area contributed by atoms with Gasteiger partial charge in [0, 0.05) is 5.56 Å². The third kappa shape index (κ3) is 2.89. The van der Waals surface area contributed by atoms with Crippen molar-refractivity contribution in [2.24, 2.45) is 5.84 Å². The molecular weight excluding hydrogens is 221 g/mol. The summed E-state index contributed by atoms with van der Waals surface area (Å²) in [5, 5.41) is 8.47. The second-order valence-electron chi connectivity index (χ2n) is 2.86. The number of anilines is 1. The van der Waals surface area contributed by atoms with Crippen molar-refractivity contribution in [2.45, 2.75) is 6.18 Å². The van der Waals surface area contributed by atoms with Gasteiger partial charge in [0.25, 0.3) is 0 Å². The van der Waals surface area contributed by atoms with Gasteiger partial charge >= 0.3 is 6.18 Å². The third-order valence-electron chi connectivity index (χ3n) is 1.80. The van der Waals surface area contributed by atoms with Gasteiger partial charge in [0.15, 0.2) is 0 Å². The number of benzene rings is 1. The van der Waals surface area contributed by atoms with Crippen LogP contribution in [0.5, 0.6) is 0 Å². The molecule has 0 spiro atoms. The quantitative estimate of drug-likeness (QED) is 0.387. The average molecular weight is 230 g/mol. The molecule has 0 heterocycles. The Hall–Kier alpha value is -1.71. The maximum atomic E-state index is 12.3. The molecule has 1 rings (SSSR count). The molecule has 0 saturated carbocycles. The summed E-state index contributed by atoms with van der Waals surface area (Å²) in [6, 6.07) is 2.96. The number of nitrogens with two attached hydrogens (primary N) is 1. The second-order valence-corrected chi connectivity index (χ2v) is 2.86. The van der Waals surface area contributed by atoms with Crippen molar-refractivity contribution in [1.29, 1.82) is 0 Å². The van der Waals surface area contributed by atoms with Crippen LogP contribution in [0.25, 0.3) is 0 Å². The fourth-order valence-electron chi connectivity index (χ4n) is 1.08. The van der Waals surface area contributed by atoms with Crippen molar-refractivity contribution >= 4 is 5.69 Å². The van der Waals surface area contributed by atoms with Crippen molar-refractivity contribution in [3.63, 3.8) is 0 Å². The summed E-state index contributed by atoms with van der Waals surface area (Å²) >= 11 is 0. The zero-order valence-corrected chi connectivity index (χ0v) is 8.10. The van der Waals surface area contributed by atoms with E-state index in [1.54, 1.807) is 0 Å². The first-order valence-corrected chi connectivity index (χ1v) is 4.26. The molecule has 0 amide bonds. The monoisotopic (exact) mass is 230 g/mol. The Morgan fingerprint density at radius 3 is 2.56 bits per heavy atom. The van der Waals surface area contributed by atoms with Crippen LogP contribution in [0, 0.1) is 11.8 Å². The summed E-state index contributed by atoms with van der Waals surface area (Å²) in [4.78, 5) is 0. The van der Waals surface area contributed by atoms with Crippen molar-refractivity contribution in [3.8, 4) is 11.8 Å². The van der Waals surface area contributed by atoms with Crippen molar-refractivity contribution in [2.75, 3.05) is 12.0 Å². The highest BCUT2D eigenvalue weighted by molar-refractivity contribution is 5.60. The molecule has 6 heteroatoms. The highest BCUT2D eigenvalue weighted by atomic mass is 19.4. The van der Waals surface area contributed by atoms with E-state index < -0.39 is 11.7 Å². The number of nitrogen functional groups attached to an aromatic ring is 1. The van der Waals surface area contributed by atoms with Crippen LogP contribution in [0.4, 0.5) is 18.9 Å². The SMILES string of the molecule is NNc1cc(C(F)(F)F)ccc1C#CCO. The van der Waals surface area contributed by atoms with E-state index in [2.05, 4.69) is 17.3 Å². The van der Waals surface area contributed by atoms with Crippen LogP contribution in [0.1, 0.15) is 11.1 Å². The minimum Gasteiger partial charge on any atom is -0.384 e. The molecule has 0 bridgehead atoms. The van der Waals surface area contributed by atoms with Gasteiger partial charge in [-0.1, -0.05) is 11.8 Å². The molecular formula is C10H9F3N2O. The molecule has 0 aliphatic rings. The molecule has 0 aliphatic carbocycles. The molecule has 3 nitrogen and oxygen atoms in total. The standard InChI is InChI=1S/C10H9F3N2O/c11-10(12,13)8-4-3-7(2-1-5-16)9(6-8)15-14/h3-4,6,15-16H,5,14H2. The number of halogens is 3. The number of aliphatic hydroxyl groups is 1. The summed E-state index contributed by atoms with van der Waals surface area (Å²) in [5.41, 5.74) is 1.68. The fourth-order valence-corrected chi connectivity index (χ4v) is 1.08. The minimum atomic E-state index is -4.42. The van der Waals surface area contributed by atoms with Crippen LogP contribution in [0.15, 0.2) is 18.2 Å². The summed E-state index contributed by atoms with van der Waals surface area (Å²) in [7, 11) is 0. The molecule has 1 aromatic rings. The number of hydrazine groups is 1. The molecule has 0 atom stereocenters. The van der Waals surface area contributed by atoms with Gasteiger partial charge in [0.05, 0.1) is 11.3 Å². The lowest BCUT2D eigenvalue weighted by molar-refractivity contribution is -0.137. The molecule has 0 saturated heterocycles. The van der Waals surface area contributed by atoms with Gasteiger partial charge in [-0.3, -0.25) is 5.84 Å². The molecule has 1 aromatic carbocycles. The summed E-state index contributed by atoms with van der Waals surface area (Å²) < 4.78 is 37.0. The average Bonchev–Trinajstić information content (AvgIpc) is 2.24. The maximum Gasteiger partial charge on any atom is 0.416 e. The van der Waals surface area contributed by atoms with Crippen molar-refractivity contribution in [3.05, 3.63) is 29.3 Å². The van der Waals surface area contributed by atoms with E-state index in [0.29, 0.717) is 5.56 Å². The fraction of sp³-hybridized carbons (Fsp3) is 0.200. The number of hydrogen-bond donors (Lipinski definition) is 3. The van der Waals surface area contributed by atoms with Crippen LogP contribution >= 0.6 is 0 Å². The smallest absolute Gasteiger partial charge is 0.384 e. The number of hydrogen-bond acceptors (Lipinski definition) is 3. The van der Waals surface area contributed by atoms with E-state index in [0.717, 1.165) is 12.1 Å². The first-order chi connectivity index (χ1) is 7.49. The Morgan fingerprint density at radius 1 is 1.38 bits per heavy atom. The minimum absolute atomic E-state index is 0.0655. The number of nitrogens with one attached hydrogen (secondary N) is 1. The zero-order chi connectivity index (χ0) is 12.2. The molecule has 0 aliphatic heterocycles. The Balaban J connectivity index is 3.17. The number of rotatable bonds is 1. The molecule has 0 radical (unpaired) electrons. The first-order valence-electron chi connectivity index (χ1n) is 4.26. The van der Waals surface area contributed by atoms with E-state index in [9.17, 15) is 13.2 Å². The largest absolute Gasteiger partial charge is 0.416 e. The highest BCUT2D eigenvalue weighted by Gasteiger charge is 2.30. The molecule has 0 unspecified atom stereocenters. The van der Waals surface area contributed by atoms with Gasteiger partial charge in [-0.15, -0.1) is 0 Å². The molecule has 4 N–H and O–H groups in total. The van der Waals surface area contributed by atoms with Crippen molar-refractivity contribution < 1.29 is 18.3 Å². The van der Waals surface area contributed by atoms with E-state index in [1.807, 2.05) is 0 Å². The van der Waals surface area contributed by atoms with Crippen LogP contribution in [-0.4, -0.2) is 11.7 Å². The van der Waals surface area contributed by atoms with Gasteiger partial charge in [-0.25, -0.2) is 0 Å². The van der Waals surface area contributed by atoms with Crippen LogP contribution in [0.2, 0.25) is 0 Å². The Kier molecular flexibility index (Phi) is 3.77. The van der Waals surface area contributed by atoms with Gasteiger partial charge < -0.3 is 10.5 Å². The van der Waals surface area contributed by atoms with Crippen molar-refractivity contribution in [1.82, 2.24) is 0 Å². The summed E-state index contributed by atoms with van der Waals surface area (Å²) in [6.45, 7) is -0.370. The summed E-state index contributed by atoms with van der Waals surface area (Å²) in [5.74, 6) is 9.90. The lowest BCUT2D eigenvalue weighted by Crippen LogP contribution is -2.11. The Bertz CT molecular complexity index is 432. The predicted molar refractivity (Wildman–Crippen MR) is 53.2 cm³/mol. The molecule has 16 heavy (non-hydrogen) atoms. The highest BCUT2D eigenvalue weighted by Crippen LogP contribution is 2.31. The normalized spacial score (nSPS) is 10.6. The third-order valence-corrected chi connectivity index (χ3v) is 1.80. The van der Waals surface area contributed by atoms with Gasteiger partial charge in [0.1, 0.15) is 6.61 Å². The predicted octanol–water partition coefficient (Wildman–Crippen LogP) is 1.33. The van der Waals surface area contributed by atoms with Gasteiger partial charge in [0.2, 0.25) is 0 Å². The Labute approximate surface area is 90.0 Å². The topological polar surface area (TPSA) is 58.3 Å². The Morgan fingerprint density at radius 2 is 2.06 bits per heavy atom. The molecule has 86 valence electrons. The van der Waals surface area contributed by atoms with Gasteiger partial charge in [-0.05, 0) is 18.2 Å². The van der Waals surface area contributed by atoms with Crippen LogP contribution < -0.4 is 11.3 Å². The maximum absolute atomic E-state index is 12.3. The van der Waals surface area contributed by atoms with E-state index in [4.69, 9.17) is 10.9 Å². The van der Waals surface area contributed by atoms with E-state index >= 15 is 0 Å². The molecule has 0 aromatic heterocycles. The zero-order valence-electron chi connectivity index (χ0n) is 8.10. The second kappa shape index (κ2) is 4.88. The number of alkyl halides is 3. The van der Waals surface area contributed by atoms with Crippen LogP contribution in [-0.2, 0) is 6.18 Å². The van der Waals surface area contributed by atoms with Crippen LogP contribution in [0.3, 0.4) is 0 Å². The summed E-state index contributed by atoms with van der Waals surface area (Å²) in [6.07, 6.45) is -4.42. The van der Waals surface area contributed by atoms with E-state index in [-0.39, 0.29) is 12.3 Å². The first kappa shape index (κ1) is 12.4. The molecule has 0 fully saturated rings. The lowest BCUT2D eigenvalue weighted by Gasteiger charge is -2.10. The lowest BCUT2D eigenvalue weighted by atomic mass is 10.1. The van der Waals surface area contributed by atoms with E-state index in [1.165, 1.54) is 6.07 Å². The van der Waals surface area contributed by atoms with Gasteiger partial charge in [-0.2, -0.15) is 13.2 Å².